The van der Waals surface area contributed by atoms with E-state index in [1.807, 2.05) is 50.2 Å². The zero-order valence-corrected chi connectivity index (χ0v) is 20.5. The molecule has 0 amide bonds. The first-order chi connectivity index (χ1) is 15.5. The molecule has 0 bridgehead atoms. The van der Waals surface area contributed by atoms with Crippen molar-refractivity contribution in [3.63, 3.8) is 0 Å². The molecule has 0 aromatic heterocycles. The predicted octanol–water partition coefficient (Wildman–Crippen LogP) is 6.44. The standard InChI is InChI=1S/C24H24BrNO5S/c1-4-29-18-14-19(30-5-2)17(25)12-15(18)13-20-22(27)21(24(28)31-6-3)23(32-20)26-16-10-8-7-9-11-16/h7-14,27H,4-6H2,1-3H3/b20-13-,26-23?. The second-order valence-electron chi connectivity index (χ2n) is 6.49. The number of esters is 1. The van der Waals surface area contributed by atoms with Crippen LogP contribution in [-0.2, 0) is 9.53 Å². The molecule has 0 saturated carbocycles. The minimum atomic E-state index is -0.617. The molecule has 8 heteroatoms. The number of benzene rings is 2. The molecular formula is C24H24BrNO5S. The van der Waals surface area contributed by atoms with E-state index in [4.69, 9.17) is 14.2 Å². The van der Waals surface area contributed by atoms with Gasteiger partial charge in [0.1, 0.15) is 27.9 Å². The second kappa shape index (κ2) is 11.2. The van der Waals surface area contributed by atoms with Crippen molar-refractivity contribution in [3.8, 4) is 11.5 Å². The monoisotopic (exact) mass is 517 g/mol. The molecule has 0 fully saturated rings. The summed E-state index contributed by atoms with van der Waals surface area (Å²) in [6.07, 6.45) is 1.76. The zero-order chi connectivity index (χ0) is 23.1. The zero-order valence-electron chi connectivity index (χ0n) is 18.1. The van der Waals surface area contributed by atoms with Gasteiger partial charge in [0, 0.05) is 11.6 Å². The summed E-state index contributed by atoms with van der Waals surface area (Å²) in [4.78, 5) is 17.6. The molecule has 0 spiro atoms. The maximum atomic E-state index is 12.6. The Labute approximate surface area is 200 Å². The van der Waals surface area contributed by atoms with Crippen molar-refractivity contribution in [1.29, 1.82) is 0 Å². The van der Waals surface area contributed by atoms with Gasteiger partial charge in [-0.15, -0.1) is 0 Å². The van der Waals surface area contributed by atoms with Crippen LogP contribution in [0.5, 0.6) is 11.5 Å². The van der Waals surface area contributed by atoms with E-state index in [0.29, 0.717) is 40.3 Å². The first-order valence-corrected chi connectivity index (χ1v) is 11.8. The van der Waals surface area contributed by atoms with Gasteiger partial charge >= 0.3 is 5.97 Å². The third-order valence-corrected chi connectivity index (χ3v) is 5.95. The third kappa shape index (κ3) is 5.55. The molecule has 1 aliphatic rings. The van der Waals surface area contributed by atoms with E-state index < -0.39 is 5.97 Å². The van der Waals surface area contributed by atoms with E-state index >= 15 is 0 Å². The van der Waals surface area contributed by atoms with Crippen molar-refractivity contribution < 1.29 is 24.1 Å². The lowest BCUT2D eigenvalue weighted by atomic mass is 10.1. The molecular weight excluding hydrogens is 494 g/mol. The van der Waals surface area contributed by atoms with Crippen LogP contribution in [0, 0.1) is 0 Å². The number of carbonyl (C=O) groups excluding carboxylic acids is 1. The normalized spacial score (nSPS) is 16.0. The van der Waals surface area contributed by atoms with Crippen LogP contribution in [0.25, 0.3) is 6.08 Å². The molecule has 0 saturated heterocycles. The number of aliphatic hydroxyl groups excluding tert-OH is 1. The molecule has 32 heavy (non-hydrogen) atoms. The van der Waals surface area contributed by atoms with Crippen LogP contribution in [-0.4, -0.2) is 35.9 Å². The Bertz CT molecular complexity index is 1080. The predicted molar refractivity (Wildman–Crippen MR) is 132 cm³/mol. The number of nitrogens with zero attached hydrogens (tertiary/aromatic N) is 1. The van der Waals surface area contributed by atoms with E-state index in [1.54, 1.807) is 19.1 Å². The van der Waals surface area contributed by atoms with Crippen molar-refractivity contribution >= 4 is 50.5 Å². The number of para-hydroxylation sites is 1. The number of hydrogen-bond donors (Lipinski definition) is 1. The molecule has 6 nitrogen and oxygen atoms in total. The number of rotatable bonds is 8. The minimum Gasteiger partial charge on any atom is -0.506 e. The fourth-order valence-corrected chi connectivity index (χ4v) is 4.46. The Morgan fingerprint density at radius 1 is 1.06 bits per heavy atom. The van der Waals surface area contributed by atoms with Gasteiger partial charge in [0.15, 0.2) is 0 Å². The topological polar surface area (TPSA) is 77.4 Å². The van der Waals surface area contributed by atoms with Gasteiger partial charge in [0.2, 0.25) is 0 Å². The Balaban J connectivity index is 2.08. The van der Waals surface area contributed by atoms with Gasteiger partial charge in [-0.2, -0.15) is 0 Å². The molecule has 0 aliphatic carbocycles. The summed E-state index contributed by atoms with van der Waals surface area (Å²) in [6, 6.07) is 12.9. The summed E-state index contributed by atoms with van der Waals surface area (Å²) in [6.45, 7) is 6.70. The van der Waals surface area contributed by atoms with Crippen molar-refractivity contribution in [2.45, 2.75) is 20.8 Å². The summed E-state index contributed by atoms with van der Waals surface area (Å²) < 4.78 is 17.3. The van der Waals surface area contributed by atoms with Gasteiger partial charge in [-0.05, 0) is 61.0 Å². The third-order valence-electron chi connectivity index (χ3n) is 4.31. The first-order valence-electron chi connectivity index (χ1n) is 10.2. The number of aliphatic imine (C=N–C) groups is 1. The average molecular weight is 518 g/mol. The summed E-state index contributed by atoms with van der Waals surface area (Å²) in [7, 11) is 0. The van der Waals surface area contributed by atoms with Crippen LogP contribution in [0.2, 0.25) is 0 Å². The summed E-state index contributed by atoms with van der Waals surface area (Å²) in [5.74, 6) is 0.478. The van der Waals surface area contributed by atoms with Gasteiger partial charge < -0.3 is 19.3 Å². The maximum Gasteiger partial charge on any atom is 0.344 e. The van der Waals surface area contributed by atoms with Gasteiger partial charge in [-0.1, -0.05) is 30.0 Å². The number of hydrogen-bond acceptors (Lipinski definition) is 7. The van der Waals surface area contributed by atoms with Crippen LogP contribution in [0.4, 0.5) is 5.69 Å². The maximum absolute atomic E-state index is 12.6. The molecule has 0 atom stereocenters. The highest BCUT2D eigenvalue weighted by Gasteiger charge is 2.33. The summed E-state index contributed by atoms with van der Waals surface area (Å²) >= 11 is 4.72. The van der Waals surface area contributed by atoms with Crippen molar-refractivity contribution in [3.05, 3.63) is 68.7 Å². The van der Waals surface area contributed by atoms with E-state index in [-0.39, 0.29) is 17.9 Å². The van der Waals surface area contributed by atoms with Gasteiger partial charge in [0.25, 0.3) is 0 Å². The number of ether oxygens (including phenoxy) is 3. The molecule has 168 valence electrons. The van der Waals surface area contributed by atoms with Crippen molar-refractivity contribution in [2.24, 2.45) is 4.99 Å². The van der Waals surface area contributed by atoms with Gasteiger partial charge in [-0.3, -0.25) is 0 Å². The van der Waals surface area contributed by atoms with Crippen molar-refractivity contribution in [2.75, 3.05) is 19.8 Å². The lowest BCUT2D eigenvalue weighted by Crippen LogP contribution is -2.12. The summed E-state index contributed by atoms with van der Waals surface area (Å²) in [5, 5.41) is 11.3. The SMILES string of the molecule is CCOC(=O)C1=C(O)/C(=C/c2cc(Br)c(OCC)cc2OCC)SC1=Nc1ccccc1. The molecule has 1 aliphatic heterocycles. The van der Waals surface area contributed by atoms with Gasteiger partial charge in [-0.25, -0.2) is 9.79 Å². The van der Waals surface area contributed by atoms with Crippen molar-refractivity contribution in [1.82, 2.24) is 0 Å². The fourth-order valence-electron chi connectivity index (χ4n) is 2.96. The van der Waals surface area contributed by atoms with Crippen LogP contribution >= 0.6 is 27.7 Å². The highest BCUT2D eigenvalue weighted by Crippen LogP contribution is 2.42. The number of carbonyl (C=O) groups is 1. The van der Waals surface area contributed by atoms with Crippen LogP contribution in [0.1, 0.15) is 26.3 Å². The Morgan fingerprint density at radius 3 is 2.41 bits per heavy atom. The van der Waals surface area contributed by atoms with Crippen LogP contribution in [0.15, 0.2) is 68.2 Å². The number of halogens is 1. The highest BCUT2D eigenvalue weighted by molar-refractivity contribution is 9.10. The fraction of sp³-hybridized carbons (Fsp3) is 0.250. The Kier molecular flexibility index (Phi) is 8.41. The smallest absolute Gasteiger partial charge is 0.344 e. The molecule has 0 unspecified atom stereocenters. The Morgan fingerprint density at radius 2 is 1.75 bits per heavy atom. The summed E-state index contributed by atoms with van der Waals surface area (Å²) in [5.41, 5.74) is 1.44. The molecule has 2 aromatic rings. The lowest BCUT2D eigenvalue weighted by Gasteiger charge is -2.13. The highest BCUT2D eigenvalue weighted by atomic mass is 79.9. The molecule has 1 N–H and O–H groups in total. The second-order valence-corrected chi connectivity index (χ2v) is 8.38. The van der Waals surface area contributed by atoms with Crippen LogP contribution in [0.3, 0.4) is 0 Å². The quantitative estimate of drug-likeness (QED) is 0.406. The molecule has 0 radical (unpaired) electrons. The minimum absolute atomic E-state index is 0.0508. The average Bonchev–Trinajstić information content (AvgIpc) is 3.07. The number of aliphatic hydroxyl groups is 1. The molecule has 1 heterocycles. The lowest BCUT2D eigenvalue weighted by molar-refractivity contribution is -0.138. The first kappa shape index (κ1) is 23.9. The van der Waals surface area contributed by atoms with Gasteiger partial charge in [0.05, 0.1) is 34.9 Å². The van der Waals surface area contributed by atoms with E-state index in [1.165, 1.54) is 11.8 Å². The van der Waals surface area contributed by atoms with E-state index in [9.17, 15) is 9.90 Å². The number of thioether (sulfide) groups is 1. The van der Waals surface area contributed by atoms with Crippen LogP contribution < -0.4 is 9.47 Å². The molecule has 3 rings (SSSR count). The molecule has 2 aromatic carbocycles. The largest absolute Gasteiger partial charge is 0.506 e. The van der Waals surface area contributed by atoms with E-state index in [2.05, 4.69) is 20.9 Å². The van der Waals surface area contributed by atoms with E-state index in [0.717, 1.165) is 10.0 Å². The Hall–Kier alpha value is -2.71.